The molecule has 2 aromatic heterocycles. The number of aromatic nitrogens is 1. The Hall–Kier alpha value is -1.43. The quantitative estimate of drug-likeness (QED) is 0.796. The van der Waals surface area contributed by atoms with Crippen LogP contribution in [-0.2, 0) is 16.6 Å². The van der Waals surface area contributed by atoms with Gasteiger partial charge < -0.3 is 15.2 Å². The Kier molecular flexibility index (Phi) is 5.53. The lowest BCUT2D eigenvalue weighted by atomic mass is 9.66. The van der Waals surface area contributed by atoms with Crippen molar-refractivity contribution in [2.75, 3.05) is 13.7 Å². The number of ether oxygens (including phenoxy) is 2. The van der Waals surface area contributed by atoms with Crippen molar-refractivity contribution in [2.24, 2.45) is 5.73 Å². The predicted octanol–water partition coefficient (Wildman–Crippen LogP) is 4.47. The summed E-state index contributed by atoms with van der Waals surface area (Å²) in [5, 5.41) is 2.08. The van der Waals surface area contributed by atoms with E-state index in [1.165, 1.54) is 36.3 Å². The molecule has 1 aliphatic carbocycles. The maximum absolute atomic E-state index is 6.71. The molecule has 1 saturated heterocycles. The van der Waals surface area contributed by atoms with Crippen LogP contribution in [0.5, 0.6) is 5.75 Å². The number of nitrogens with zero attached hydrogens (tertiary/aromatic N) is 1. The Morgan fingerprint density at radius 3 is 2.85 bits per heavy atom. The standard InChI is InChI=1S/C22H30N2O2S/c1-25-18-7-13-27-19(18)14-17(23)15-21(20-6-2-5-11-24-20)10-12-26-22(16-21)8-3-4-9-22/h2,5-7,11,13,17H,3-4,8-10,12,14-16,23H2,1H3. The van der Waals surface area contributed by atoms with Crippen LogP contribution in [0.4, 0.5) is 0 Å². The van der Waals surface area contributed by atoms with E-state index in [9.17, 15) is 0 Å². The van der Waals surface area contributed by atoms with Gasteiger partial charge in [-0.3, -0.25) is 4.98 Å². The Morgan fingerprint density at radius 2 is 2.11 bits per heavy atom. The molecule has 146 valence electrons. The minimum absolute atomic E-state index is 0.00770. The van der Waals surface area contributed by atoms with E-state index < -0.39 is 0 Å². The third-order valence-electron chi connectivity index (χ3n) is 6.40. The molecule has 2 aliphatic rings. The summed E-state index contributed by atoms with van der Waals surface area (Å²) in [6.07, 6.45) is 10.7. The Labute approximate surface area is 166 Å². The van der Waals surface area contributed by atoms with Gasteiger partial charge in [0.2, 0.25) is 0 Å². The molecule has 2 N–H and O–H groups in total. The van der Waals surface area contributed by atoms with E-state index in [0.29, 0.717) is 0 Å². The first-order chi connectivity index (χ1) is 13.1. The second kappa shape index (κ2) is 7.90. The van der Waals surface area contributed by atoms with E-state index in [2.05, 4.69) is 17.5 Å². The van der Waals surface area contributed by atoms with Gasteiger partial charge in [-0.1, -0.05) is 18.9 Å². The van der Waals surface area contributed by atoms with Gasteiger partial charge in [0, 0.05) is 41.3 Å². The summed E-state index contributed by atoms with van der Waals surface area (Å²) < 4.78 is 11.8. The zero-order chi connectivity index (χ0) is 18.7. The van der Waals surface area contributed by atoms with Crippen LogP contribution < -0.4 is 10.5 Å². The zero-order valence-corrected chi connectivity index (χ0v) is 17.0. The molecule has 1 saturated carbocycles. The molecule has 2 aromatic rings. The maximum Gasteiger partial charge on any atom is 0.132 e. The Bertz CT molecular complexity index is 742. The van der Waals surface area contributed by atoms with Crippen molar-refractivity contribution in [1.82, 2.24) is 4.98 Å². The Balaban J connectivity index is 1.58. The molecular weight excluding hydrogens is 356 g/mol. The number of pyridine rings is 1. The highest BCUT2D eigenvalue weighted by Crippen LogP contribution is 2.50. The molecule has 0 bridgehead atoms. The summed E-state index contributed by atoms with van der Waals surface area (Å²) in [5.41, 5.74) is 7.95. The molecule has 0 radical (unpaired) electrons. The van der Waals surface area contributed by atoms with Gasteiger partial charge in [0.15, 0.2) is 0 Å². The molecule has 3 heterocycles. The van der Waals surface area contributed by atoms with Crippen LogP contribution in [0.1, 0.15) is 55.5 Å². The molecule has 2 unspecified atom stereocenters. The molecule has 4 nitrogen and oxygen atoms in total. The summed E-state index contributed by atoms with van der Waals surface area (Å²) >= 11 is 1.73. The molecule has 5 heteroatoms. The number of thiophene rings is 1. The summed E-state index contributed by atoms with van der Waals surface area (Å²) in [7, 11) is 1.73. The third kappa shape index (κ3) is 3.91. The van der Waals surface area contributed by atoms with E-state index in [-0.39, 0.29) is 17.1 Å². The summed E-state index contributed by atoms with van der Waals surface area (Å²) in [6.45, 7) is 0.811. The fraction of sp³-hybridized carbons (Fsp3) is 0.591. The summed E-state index contributed by atoms with van der Waals surface area (Å²) in [5.74, 6) is 0.960. The van der Waals surface area contributed by atoms with E-state index in [0.717, 1.165) is 38.0 Å². The topological polar surface area (TPSA) is 57.4 Å². The second-order valence-corrected chi connectivity index (χ2v) is 9.24. The van der Waals surface area contributed by atoms with Crippen LogP contribution in [0.15, 0.2) is 35.8 Å². The average Bonchev–Trinajstić information content (AvgIpc) is 3.32. The first kappa shape index (κ1) is 18.9. The summed E-state index contributed by atoms with van der Waals surface area (Å²) in [6, 6.07) is 8.40. The van der Waals surface area contributed by atoms with Crippen LogP contribution in [-0.4, -0.2) is 30.3 Å². The van der Waals surface area contributed by atoms with Crippen LogP contribution in [0.25, 0.3) is 0 Å². The van der Waals surface area contributed by atoms with Crippen molar-refractivity contribution in [1.29, 1.82) is 0 Å². The number of hydrogen-bond donors (Lipinski definition) is 1. The van der Waals surface area contributed by atoms with Gasteiger partial charge in [-0.2, -0.15) is 0 Å². The first-order valence-corrected chi connectivity index (χ1v) is 10.9. The fourth-order valence-corrected chi connectivity index (χ4v) is 6.14. The van der Waals surface area contributed by atoms with Gasteiger partial charge in [0.25, 0.3) is 0 Å². The molecular formula is C22H30N2O2S. The van der Waals surface area contributed by atoms with E-state index in [1.807, 2.05) is 18.3 Å². The van der Waals surface area contributed by atoms with Crippen LogP contribution >= 0.6 is 11.3 Å². The Morgan fingerprint density at radius 1 is 1.26 bits per heavy atom. The van der Waals surface area contributed by atoms with Crippen LogP contribution in [0.3, 0.4) is 0 Å². The maximum atomic E-state index is 6.71. The number of methoxy groups -OCH3 is 1. The lowest BCUT2D eigenvalue weighted by molar-refractivity contribution is -0.105. The number of hydrogen-bond acceptors (Lipinski definition) is 5. The average molecular weight is 387 g/mol. The molecule has 1 aliphatic heterocycles. The zero-order valence-electron chi connectivity index (χ0n) is 16.2. The molecule has 2 fully saturated rings. The van der Waals surface area contributed by atoms with E-state index in [1.54, 1.807) is 18.4 Å². The van der Waals surface area contributed by atoms with Gasteiger partial charge in [-0.15, -0.1) is 11.3 Å². The van der Waals surface area contributed by atoms with Crippen molar-refractivity contribution in [3.8, 4) is 5.75 Å². The van der Waals surface area contributed by atoms with Crippen molar-refractivity contribution in [2.45, 2.75) is 68.4 Å². The fourth-order valence-electron chi connectivity index (χ4n) is 5.21. The largest absolute Gasteiger partial charge is 0.496 e. The van der Waals surface area contributed by atoms with E-state index in [4.69, 9.17) is 20.2 Å². The molecule has 2 atom stereocenters. The molecule has 0 amide bonds. The summed E-state index contributed by atoms with van der Waals surface area (Å²) in [4.78, 5) is 6.02. The van der Waals surface area contributed by atoms with Crippen LogP contribution in [0.2, 0.25) is 0 Å². The third-order valence-corrected chi connectivity index (χ3v) is 7.32. The van der Waals surface area contributed by atoms with Gasteiger partial charge in [-0.25, -0.2) is 0 Å². The molecule has 27 heavy (non-hydrogen) atoms. The molecule has 0 aromatic carbocycles. The number of nitrogens with two attached hydrogens (primary N) is 1. The van der Waals surface area contributed by atoms with Gasteiger partial charge in [0.05, 0.1) is 12.7 Å². The SMILES string of the molecule is COc1ccsc1CC(N)CC1(c2ccccn2)CCOC2(CCCC2)C1. The normalized spacial score (nSPS) is 25.6. The van der Waals surface area contributed by atoms with Crippen molar-refractivity contribution < 1.29 is 9.47 Å². The highest BCUT2D eigenvalue weighted by Gasteiger charge is 2.49. The van der Waals surface area contributed by atoms with Crippen molar-refractivity contribution >= 4 is 11.3 Å². The van der Waals surface area contributed by atoms with E-state index >= 15 is 0 Å². The van der Waals surface area contributed by atoms with Gasteiger partial charge in [-0.05, 0) is 55.7 Å². The first-order valence-electron chi connectivity index (χ1n) is 10.1. The highest BCUT2D eigenvalue weighted by atomic mass is 32.1. The second-order valence-electron chi connectivity index (χ2n) is 8.24. The van der Waals surface area contributed by atoms with Crippen molar-refractivity contribution in [3.05, 3.63) is 46.4 Å². The predicted molar refractivity (Wildman–Crippen MR) is 109 cm³/mol. The smallest absolute Gasteiger partial charge is 0.132 e. The van der Waals surface area contributed by atoms with Crippen molar-refractivity contribution in [3.63, 3.8) is 0 Å². The highest BCUT2D eigenvalue weighted by molar-refractivity contribution is 7.10. The minimum atomic E-state index is 0.00770. The minimum Gasteiger partial charge on any atom is -0.496 e. The molecule has 1 spiro atoms. The lowest BCUT2D eigenvalue weighted by Gasteiger charge is -2.47. The lowest BCUT2D eigenvalue weighted by Crippen LogP contribution is -2.49. The van der Waals surface area contributed by atoms with Gasteiger partial charge >= 0.3 is 0 Å². The monoisotopic (exact) mass is 386 g/mol. The number of rotatable bonds is 6. The molecule has 4 rings (SSSR count). The van der Waals surface area contributed by atoms with Gasteiger partial charge in [0.1, 0.15) is 5.75 Å². The van der Waals surface area contributed by atoms with Crippen LogP contribution in [0, 0.1) is 0 Å².